The third kappa shape index (κ3) is 5.46. The Hall–Kier alpha value is -3.07. The number of carboxylic acid groups (broad SMARTS) is 1. The van der Waals surface area contributed by atoms with Crippen LogP contribution in [0.3, 0.4) is 0 Å². The van der Waals surface area contributed by atoms with Crippen LogP contribution in [0.15, 0.2) is 48.5 Å². The minimum Gasteiger partial charge on any atom is -0.497 e. The van der Waals surface area contributed by atoms with Crippen molar-refractivity contribution in [3.05, 3.63) is 65.2 Å². The van der Waals surface area contributed by atoms with Crippen molar-refractivity contribution in [2.75, 3.05) is 7.11 Å². The molecule has 9 heteroatoms. The van der Waals surface area contributed by atoms with E-state index in [1.807, 2.05) is 0 Å². The summed E-state index contributed by atoms with van der Waals surface area (Å²) in [5.74, 6) is -1.76. The molecule has 6 nitrogen and oxygen atoms in total. The molecule has 2 rings (SSSR count). The van der Waals surface area contributed by atoms with Crippen molar-refractivity contribution in [2.24, 2.45) is 0 Å². The fourth-order valence-electron chi connectivity index (χ4n) is 2.45. The minimum absolute atomic E-state index is 0.0508. The van der Waals surface area contributed by atoms with E-state index in [0.29, 0.717) is 11.3 Å². The molecule has 28 heavy (non-hydrogen) atoms. The van der Waals surface area contributed by atoms with Crippen LogP contribution in [0.1, 0.15) is 22.8 Å². The van der Waals surface area contributed by atoms with Crippen LogP contribution in [0, 0.1) is 0 Å². The summed E-state index contributed by atoms with van der Waals surface area (Å²) in [7, 11) is 1.48. The van der Waals surface area contributed by atoms with E-state index in [1.165, 1.54) is 7.11 Å². The largest absolute Gasteiger partial charge is 0.497 e. The fourth-order valence-corrected chi connectivity index (χ4v) is 2.45. The molecule has 0 aliphatic carbocycles. The Morgan fingerprint density at radius 3 is 2.11 bits per heavy atom. The lowest BCUT2D eigenvalue weighted by molar-refractivity contribution is -0.143. The van der Waals surface area contributed by atoms with Gasteiger partial charge in [0, 0.05) is 6.42 Å². The van der Waals surface area contributed by atoms with Crippen molar-refractivity contribution < 1.29 is 37.7 Å². The molecule has 150 valence electrons. The number of aliphatic hydroxyl groups excluding tert-OH is 1. The third-order valence-corrected chi connectivity index (χ3v) is 4.02. The van der Waals surface area contributed by atoms with E-state index in [9.17, 15) is 33.0 Å². The highest BCUT2D eigenvalue weighted by molar-refractivity contribution is 5.87. The van der Waals surface area contributed by atoms with Gasteiger partial charge in [-0.25, -0.2) is 4.79 Å². The van der Waals surface area contributed by atoms with Gasteiger partial charge in [0.25, 0.3) is 5.91 Å². The van der Waals surface area contributed by atoms with Gasteiger partial charge in [-0.2, -0.15) is 13.2 Å². The van der Waals surface area contributed by atoms with Gasteiger partial charge >= 0.3 is 12.1 Å². The summed E-state index contributed by atoms with van der Waals surface area (Å²) in [6, 6.07) is 8.60. The Labute approximate surface area is 158 Å². The molecule has 3 N–H and O–H groups in total. The van der Waals surface area contributed by atoms with Crippen LogP contribution in [0.2, 0.25) is 0 Å². The number of hydrogen-bond donors (Lipinski definition) is 3. The number of hydrogen-bond acceptors (Lipinski definition) is 4. The highest BCUT2D eigenvalue weighted by atomic mass is 19.4. The van der Waals surface area contributed by atoms with Gasteiger partial charge in [-0.05, 0) is 35.4 Å². The van der Waals surface area contributed by atoms with Crippen LogP contribution in [-0.2, 0) is 22.2 Å². The summed E-state index contributed by atoms with van der Waals surface area (Å²) in [4.78, 5) is 23.6. The topological polar surface area (TPSA) is 95.9 Å². The van der Waals surface area contributed by atoms with Gasteiger partial charge in [-0.3, -0.25) is 4.79 Å². The molecule has 0 spiro atoms. The highest BCUT2D eigenvalue weighted by Gasteiger charge is 2.31. The number of nitrogens with one attached hydrogen (secondary N) is 1. The second-order valence-corrected chi connectivity index (χ2v) is 5.97. The van der Waals surface area contributed by atoms with E-state index in [1.54, 1.807) is 24.3 Å². The van der Waals surface area contributed by atoms with Gasteiger partial charge < -0.3 is 20.3 Å². The second kappa shape index (κ2) is 8.75. The first-order valence-corrected chi connectivity index (χ1v) is 8.13. The lowest BCUT2D eigenvalue weighted by atomic mass is 10.0. The predicted molar refractivity (Wildman–Crippen MR) is 92.7 cm³/mol. The van der Waals surface area contributed by atoms with E-state index in [-0.39, 0.29) is 12.0 Å². The zero-order valence-corrected chi connectivity index (χ0v) is 14.7. The molecule has 0 bridgehead atoms. The maximum atomic E-state index is 12.6. The molecule has 0 unspecified atom stereocenters. The van der Waals surface area contributed by atoms with Gasteiger partial charge in [-0.15, -0.1) is 0 Å². The standard InChI is InChI=1S/C19H18F3NO5/c1-28-14-8-2-11(3-9-14)10-15(18(26)27)23-17(25)16(24)12-4-6-13(7-5-12)19(20,21)22/h2-9,15-16,24H,10H2,1H3,(H,23,25)(H,26,27)/t15-,16-/m0/s1. The molecule has 2 atom stereocenters. The first kappa shape index (κ1) is 21.2. The molecular formula is C19H18F3NO5. The molecule has 2 aromatic rings. The van der Waals surface area contributed by atoms with Gasteiger partial charge in [0.1, 0.15) is 11.8 Å². The van der Waals surface area contributed by atoms with Crippen LogP contribution in [0.4, 0.5) is 13.2 Å². The molecule has 0 radical (unpaired) electrons. The normalized spacial score (nSPS) is 13.5. The zero-order valence-electron chi connectivity index (χ0n) is 14.7. The summed E-state index contributed by atoms with van der Waals surface area (Å²) in [5, 5.41) is 21.6. The fraction of sp³-hybridized carbons (Fsp3) is 0.263. The lowest BCUT2D eigenvalue weighted by Gasteiger charge is -2.18. The average Bonchev–Trinajstić information content (AvgIpc) is 2.66. The van der Waals surface area contributed by atoms with Crippen molar-refractivity contribution in [3.63, 3.8) is 0 Å². The molecule has 0 aliphatic rings. The number of halogens is 3. The van der Waals surface area contributed by atoms with Crippen molar-refractivity contribution >= 4 is 11.9 Å². The number of alkyl halides is 3. The number of ether oxygens (including phenoxy) is 1. The van der Waals surface area contributed by atoms with Crippen LogP contribution in [0.5, 0.6) is 5.75 Å². The van der Waals surface area contributed by atoms with E-state index < -0.39 is 35.8 Å². The van der Waals surface area contributed by atoms with Crippen molar-refractivity contribution in [2.45, 2.75) is 24.7 Å². The number of amides is 1. The second-order valence-electron chi connectivity index (χ2n) is 5.97. The molecule has 0 aliphatic heterocycles. The van der Waals surface area contributed by atoms with Gasteiger partial charge in [0.05, 0.1) is 12.7 Å². The van der Waals surface area contributed by atoms with Crippen molar-refractivity contribution in [1.29, 1.82) is 0 Å². The molecule has 0 saturated carbocycles. The summed E-state index contributed by atoms with van der Waals surface area (Å²) in [5.41, 5.74) is -0.400. The summed E-state index contributed by atoms with van der Waals surface area (Å²) in [6.07, 6.45) is -6.40. The molecule has 2 aromatic carbocycles. The summed E-state index contributed by atoms with van der Waals surface area (Å²) >= 11 is 0. The number of rotatable bonds is 7. The number of methoxy groups -OCH3 is 1. The van der Waals surface area contributed by atoms with Crippen LogP contribution >= 0.6 is 0 Å². The van der Waals surface area contributed by atoms with Crippen molar-refractivity contribution in [3.8, 4) is 5.75 Å². The lowest BCUT2D eigenvalue weighted by Crippen LogP contribution is -2.44. The van der Waals surface area contributed by atoms with E-state index in [2.05, 4.69) is 5.32 Å². The first-order chi connectivity index (χ1) is 13.1. The van der Waals surface area contributed by atoms with Gasteiger partial charge in [-0.1, -0.05) is 24.3 Å². The van der Waals surface area contributed by atoms with Gasteiger partial charge in [0.15, 0.2) is 6.10 Å². The number of carbonyl (C=O) groups is 2. The SMILES string of the molecule is COc1ccc(C[C@H](NC(=O)[C@@H](O)c2ccc(C(F)(F)F)cc2)C(=O)O)cc1. The Kier molecular flexibility index (Phi) is 6.63. The molecule has 0 aromatic heterocycles. The Morgan fingerprint density at radius 1 is 1.07 bits per heavy atom. The predicted octanol–water partition coefficient (Wildman–Crippen LogP) is 2.56. The van der Waals surface area contributed by atoms with E-state index in [4.69, 9.17) is 4.74 Å². The number of benzene rings is 2. The maximum absolute atomic E-state index is 12.6. The highest BCUT2D eigenvalue weighted by Crippen LogP contribution is 2.30. The summed E-state index contributed by atoms with van der Waals surface area (Å²) in [6.45, 7) is 0. The van der Waals surface area contributed by atoms with Crippen molar-refractivity contribution in [1.82, 2.24) is 5.32 Å². The average molecular weight is 397 g/mol. The first-order valence-electron chi connectivity index (χ1n) is 8.13. The summed E-state index contributed by atoms with van der Waals surface area (Å²) < 4.78 is 42.7. The van der Waals surface area contributed by atoms with Crippen LogP contribution in [-0.4, -0.2) is 35.2 Å². The maximum Gasteiger partial charge on any atom is 0.416 e. The van der Waals surface area contributed by atoms with Gasteiger partial charge in [0.2, 0.25) is 0 Å². The molecule has 0 heterocycles. The van der Waals surface area contributed by atoms with E-state index >= 15 is 0 Å². The smallest absolute Gasteiger partial charge is 0.416 e. The molecule has 1 amide bonds. The molecule has 0 saturated heterocycles. The Bertz CT molecular complexity index is 819. The zero-order chi connectivity index (χ0) is 20.9. The molecular weight excluding hydrogens is 379 g/mol. The number of aliphatic hydroxyl groups is 1. The quantitative estimate of drug-likeness (QED) is 0.668. The Balaban J connectivity index is 2.07. The molecule has 0 fully saturated rings. The van der Waals surface area contributed by atoms with Crippen LogP contribution in [0.25, 0.3) is 0 Å². The minimum atomic E-state index is -4.54. The van der Waals surface area contributed by atoms with Crippen LogP contribution < -0.4 is 10.1 Å². The monoisotopic (exact) mass is 397 g/mol. The number of carbonyl (C=O) groups excluding carboxylic acids is 1. The number of carboxylic acids is 1. The third-order valence-electron chi connectivity index (χ3n) is 4.02. The number of aliphatic carboxylic acids is 1. The Morgan fingerprint density at radius 2 is 1.64 bits per heavy atom. The van der Waals surface area contributed by atoms with E-state index in [0.717, 1.165) is 24.3 Å².